The summed E-state index contributed by atoms with van der Waals surface area (Å²) in [4.78, 5) is 0.515. The standard InChI is InChI=1S/C11H18N2O2S/c1-11(2,3)13-16(15)10-6-8(7-14)4-5-9(10)12/h4-6,13-14H,7,12H2,1-3H3. The molecule has 0 fully saturated rings. The first kappa shape index (κ1) is 13.2. The summed E-state index contributed by atoms with van der Waals surface area (Å²) in [5, 5.41) is 9.01. The molecule has 0 aliphatic heterocycles. The van der Waals surface area contributed by atoms with Crippen LogP contribution in [-0.4, -0.2) is 14.9 Å². The highest BCUT2D eigenvalue weighted by Crippen LogP contribution is 2.18. The van der Waals surface area contributed by atoms with Gasteiger partial charge < -0.3 is 10.8 Å². The highest BCUT2D eigenvalue weighted by atomic mass is 32.2. The summed E-state index contributed by atoms with van der Waals surface area (Å²) < 4.78 is 14.9. The second-order valence-corrected chi connectivity index (χ2v) is 5.83. The zero-order valence-corrected chi connectivity index (χ0v) is 10.6. The molecule has 16 heavy (non-hydrogen) atoms. The number of nitrogens with one attached hydrogen (secondary N) is 1. The van der Waals surface area contributed by atoms with Crippen LogP contribution < -0.4 is 10.5 Å². The Morgan fingerprint density at radius 2 is 2.06 bits per heavy atom. The number of benzene rings is 1. The van der Waals surface area contributed by atoms with Gasteiger partial charge in [0, 0.05) is 11.2 Å². The minimum atomic E-state index is -1.36. The van der Waals surface area contributed by atoms with E-state index in [1.54, 1.807) is 18.2 Å². The Kier molecular flexibility index (Phi) is 4.07. The van der Waals surface area contributed by atoms with E-state index in [9.17, 15) is 4.21 Å². The normalized spacial score (nSPS) is 13.8. The van der Waals surface area contributed by atoms with Crippen molar-refractivity contribution in [3.8, 4) is 0 Å². The number of nitrogens with two attached hydrogens (primary N) is 1. The minimum Gasteiger partial charge on any atom is -0.398 e. The SMILES string of the molecule is CC(C)(C)NS(=O)c1cc(CO)ccc1N. The van der Waals surface area contributed by atoms with E-state index in [-0.39, 0.29) is 12.1 Å². The quantitative estimate of drug-likeness (QED) is 0.696. The molecular formula is C11H18N2O2S. The molecule has 0 heterocycles. The van der Waals surface area contributed by atoms with Crippen LogP contribution in [0.2, 0.25) is 0 Å². The van der Waals surface area contributed by atoms with Crippen molar-refractivity contribution in [3.63, 3.8) is 0 Å². The Morgan fingerprint density at radius 1 is 1.44 bits per heavy atom. The first-order valence-corrected chi connectivity index (χ1v) is 6.17. The topological polar surface area (TPSA) is 75.3 Å². The number of nitrogen functional groups attached to an aromatic ring is 1. The third kappa shape index (κ3) is 3.59. The van der Waals surface area contributed by atoms with Gasteiger partial charge in [0.1, 0.15) is 11.0 Å². The average molecular weight is 242 g/mol. The first-order valence-electron chi connectivity index (χ1n) is 5.02. The van der Waals surface area contributed by atoms with E-state index in [2.05, 4.69) is 4.72 Å². The Bertz CT molecular complexity index is 399. The van der Waals surface area contributed by atoms with Gasteiger partial charge in [0.25, 0.3) is 0 Å². The van der Waals surface area contributed by atoms with Crippen molar-refractivity contribution in [1.29, 1.82) is 0 Å². The van der Waals surface area contributed by atoms with Gasteiger partial charge in [-0.15, -0.1) is 0 Å². The molecule has 0 aromatic heterocycles. The number of aliphatic hydroxyl groups is 1. The fraction of sp³-hybridized carbons (Fsp3) is 0.455. The Labute approximate surface area is 98.4 Å². The van der Waals surface area contributed by atoms with Crippen LogP contribution in [0.4, 0.5) is 5.69 Å². The molecule has 0 aliphatic carbocycles. The Balaban J connectivity index is 2.98. The molecule has 4 N–H and O–H groups in total. The van der Waals surface area contributed by atoms with E-state index in [1.165, 1.54) is 0 Å². The van der Waals surface area contributed by atoms with Gasteiger partial charge in [-0.05, 0) is 38.5 Å². The second-order valence-electron chi connectivity index (χ2n) is 4.65. The van der Waals surface area contributed by atoms with Crippen LogP contribution >= 0.6 is 0 Å². The zero-order chi connectivity index (χ0) is 12.3. The predicted octanol–water partition coefficient (Wildman–Crippen LogP) is 1.17. The number of hydrogen-bond acceptors (Lipinski definition) is 3. The maximum atomic E-state index is 12.0. The van der Waals surface area contributed by atoms with Gasteiger partial charge in [0.15, 0.2) is 0 Å². The molecule has 0 amide bonds. The molecule has 5 heteroatoms. The molecule has 1 unspecified atom stereocenters. The largest absolute Gasteiger partial charge is 0.398 e. The lowest BCUT2D eigenvalue weighted by molar-refractivity contribution is 0.281. The first-order chi connectivity index (χ1) is 7.33. The summed E-state index contributed by atoms with van der Waals surface area (Å²) in [6.45, 7) is 5.70. The van der Waals surface area contributed by atoms with Crippen LogP contribution in [0.25, 0.3) is 0 Å². The third-order valence-corrected chi connectivity index (χ3v) is 3.41. The monoisotopic (exact) mass is 242 g/mol. The van der Waals surface area contributed by atoms with E-state index in [4.69, 9.17) is 10.8 Å². The molecule has 0 radical (unpaired) electrons. The van der Waals surface area contributed by atoms with Gasteiger partial charge in [-0.1, -0.05) is 6.07 Å². The highest BCUT2D eigenvalue weighted by Gasteiger charge is 2.16. The summed E-state index contributed by atoms with van der Waals surface area (Å²) >= 11 is 0. The number of aliphatic hydroxyl groups excluding tert-OH is 1. The molecule has 0 aliphatic rings. The van der Waals surface area contributed by atoms with Crippen LogP contribution in [0, 0.1) is 0 Å². The lowest BCUT2D eigenvalue weighted by Crippen LogP contribution is -2.37. The minimum absolute atomic E-state index is 0.0833. The molecule has 1 aromatic rings. The fourth-order valence-electron chi connectivity index (χ4n) is 1.17. The van der Waals surface area contributed by atoms with Gasteiger partial charge in [0.05, 0.1) is 11.5 Å². The van der Waals surface area contributed by atoms with Crippen LogP contribution in [0.5, 0.6) is 0 Å². The van der Waals surface area contributed by atoms with E-state index >= 15 is 0 Å². The lowest BCUT2D eigenvalue weighted by atomic mass is 10.1. The van der Waals surface area contributed by atoms with Gasteiger partial charge in [-0.3, -0.25) is 0 Å². The molecule has 4 nitrogen and oxygen atoms in total. The Morgan fingerprint density at radius 3 is 2.56 bits per heavy atom. The van der Waals surface area contributed by atoms with Crippen molar-refractivity contribution in [2.75, 3.05) is 5.73 Å². The zero-order valence-electron chi connectivity index (χ0n) is 9.78. The fourth-order valence-corrected chi connectivity index (χ4v) is 2.38. The van der Waals surface area contributed by atoms with Gasteiger partial charge in [-0.25, -0.2) is 8.93 Å². The molecule has 90 valence electrons. The predicted molar refractivity (Wildman–Crippen MR) is 66.1 cm³/mol. The third-order valence-electron chi connectivity index (χ3n) is 1.86. The van der Waals surface area contributed by atoms with Crippen molar-refractivity contribution in [2.45, 2.75) is 37.8 Å². The summed E-state index contributed by atoms with van der Waals surface area (Å²) in [7, 11) is -1.36. The van der Waals surface area contributed by atoms with Crippen molar-refractivity contribution in [2.24, 2.45) is 0 Å². The summed E-state index contributed by atoms with van der Waals surface area (Å²) in [5.41, 5.74) is 6.66. The summed E-state index contributed by atoms with van der Waals surface area (Å²) in [5.74, 6) is 0. The van der Waals surface area contributed by atoms with Crippen molar-refractivity contribution in [3.05, 3.63) is 23.8 Å². The second kappa shape index (κ2) is 4.95. The molecule has 1 aromatic carbocycles. The van der Waals surface area contributed by atoms with E-state index in [0.717, 1.165) is 0 Å². The maximum absolute atomic E-state index is 12.0. The lowest BCUT2D eigenvalue weighted by Gasteiger charge is -2.20. The molecule has 1 rings (SSSR count). The van der Waals surface area contributed by atoms with Gasteiger partial charge in [-0.2, -0.15) is 0 Å². The van der Waals surface area contributed by atoms with E-state index in [0.29, 0.717) is 16.1 Å². The Hall–Kier alpha value is -0.910. The van der Waals surface area contributed by atoms with Gasteiger partial charge >= 0.3 is 0 Å². The molecular weight excluding hydrogens is 224 g/mol. The van der Waals surface area contributed by atoms with Gasteiger partial charge in [0.2, 0.25) is 0 Å². The molecule has 0 saturated heterocycles. The van der Waals surface area contributed by atoms with Crippen LogP contribution in [-0.2, 0) is 17.6 Å². The number of hydrogen-bond donors (Lipinski definition) is 3. The number of anilines is 1. The van der Waals surface area contributed by atoms with Crippen molar-refractivity contribution >= 4 is 16.7 Å². The maximum Gasteiger partial charge on any atom is 0.127 e. The number of rotatable bonds is 3. The summed E-state index contributed by atoms with van der Waals surface area (Å²) in [6, 6.07) is 5.03. The molecule has 0 bridgehead atoms. The van der Waals surface area contributed by atoms with Crippen molar-refractivity contribution < 1.29 is 9.32 Å². The highest BCUT2D eigenvalue weighted by molar-refractivity contribution is 7.83. The smallest absolute Gasteiger partial charge is 0.127 e. The average Bonchev–Trinajstić information content (AvgIpc) is 2.15. The summed E-state index contributed by atoms with van der Waals surface area (Å²) in [6.07, 6.45) is 0. The van der Waals surface area contributed by atoms with Crippen LogP contribution in [0.1, 0.15) is 26.3 Å². The van der Waals surface area contributed by atoms with Crippen LogP contribution in [0.3, 0.4) is 0 Å². The molecule has 0 saturated carbocycles. The van der Waals surface area contributed by atoms with E-state index < -0.39 is 11.0 Å². The van der Waals surface area contributed by atoms with E-state index in [1.807, 2.05) is 20.8 Å². The molecule has 0 spiro atoms. The molecule has 1 atom stereocenters. The van der Waals surface area contributed by atoms with Crippen LogP contribution in [0.15, 0.2) is 23.1 Å². The van der Waals surface area contributed by atoms with Crippen molar-refractivity contribution in [1.82, 2.24) is 4.72 Å².